The van der Waals surface area contributed by atoms with Crippen molar-refractivity contribution >= 4 is 7.37 Å². The molecule has 0 aliphatic heterocycles. The van der Waals surface area contributed by atoms with E-state index < -0.39 is 19.6 Å². The quantitative estimate of drug-likeness (QED) is 0.126. The molecule has 0 aromatic carbocycles. The van der Waals surface area contributed by atoms with Crippen molar-refractivity contribution in [3.63, 3.8) is 0 Å². The lowest BCUT2D eigenvalue weighted by Crippen LogP contribution is -2.19. The van der Waals surface area contributed by atoms with Crippen LogP contribution >= 0.6 is 7.37 Å². The van der Waals surface area contributed by atoms with Crippen molar-refractivity contribution in [3.05, 3.63) is 0 Å². The van der Waals surface area contributed by atoms with Crippen molar-refractivity contribution in [2.24, 2.45) is 0 Å². The fraction of sp³-hybridized carbons (Fsp3) is 1.00. The van der Waals surface area contributed by atoms with Gasteiger partial charge in [0.1, 0.15) is 0 Å². The van der Waals surface area contributed by atoms with Gasteiger partial charge in [-0.3, -0.25) is 4.57 Å². The van der Waals surface area contributed by atoms with Gasteiger partial charge >= 0.3 is 0 Å². The highest BCUT2D eigenvalue weighted by molar-refractivity contribution is 7.58. The molecule has 0 fully saturated rings. The van der Waals surface area contributed by atoms with Crippen LogP contribution in [0.15, 0.2) is 0 Å². The minimum atomic E-state index is -3.45. The first kappa shape index (κ1) is 29.1. The monoisotopic (exact) mass is 434 g/mol. The molecule has 4 nitrogen and oxygen atoms in total. The van der Waals surface area contributed by atoms with Gasteiger partial charge in [-0.2, -0.15) is 0 Å². The van der Waals surface area contributed by atoms with Crippen molar-refractivity contribution < 1.29 is 19.7 Å². The standard InChI is InChI=1S/C24H51O4P/c1-3-5-7-9-11-13-15-17-19-23(25)21-29(27,28)22-24(26)20-18-16-14-12-10-8-6-4-2/h23-26H,3-22H2,1-2H3,(H,27,28). The molecule has 0 amide bonds. The van der Waals surface area contributed by atoms with Crippen LogP contribution in [0.25, 0.3) is 0 Å². The smallest absolute Gasteiger partial charge is 0.205 e. The zero-order valence-corrected chi connectivity index (χ0v) is 20.4. The van der Waals surface area contributed by atoms with Crippen molar-refractivity contribution in [2.75, 3.05) is 12.3 Å². The van der Waals surface area contributed by atoms with Crippen LogP contribution in [0.1, 0.15) is 129 Å². The first-order valence-corrected chi connectivity index (χ1v) is 14.6. The Kier molecular flexibility index (Phi) is 20.1. The molecule has 0 aromatic heterocycles. The lowest BCUT2D eigenvalue weighted by atomic mass is 10.1. The summed E-state index contributed by atoms with van der Waals surface area (Å²) in [6.07, 6.45) is 18.8. The van der Waals surface area contributed by atoms with E-state index in [1.807, 2.05) is 0 Å². The lowest BCUT2D eigenvalue weighted by molar-refractivity contribution is 0.170. The Morgan fingerprint density at radius 1 is 0.552 bits per heavy atom. The maximum absolute atomic E-state index is 12.3. The summed E-state index contributed by atoms with van der Waals surface area (Å²) in [6.45, 7) is 4.44. The first-order valence-electron chi connectivity index (χ1n) is 12.6. The van der Waals surface area contributed by atoms with Crippen LogP contribution in [0.3, 0.4) is 0 Å². The van der Waals surface area contributed by atoms with E-state index in [0.29, 0.717) is 12.8 Å². The van der Waals surface area contributed by atoms with Crippen LogP contribution in [-0.2, 0) is 4.57 Å². The second-order valence-electron chi connectivity index (χ2n) is 9.05. The van der Waals surface area contributed by atoms with Gasteiger partial charge in [0.05, 0.1) is 24.5 Å². The zero-order chi connectivity index (χ0) is 21.8. The van der Waals surface area contributed by atoms with Gasteiger partial charge in [-0.25, -0.2) is 0 Å². The number of aliphatic hydroxyl groups excluding tert-OH is 2. The molecule has 0 saturated heterocycles. The Morgan fingerprint density at radius 3 is 1.14 bits per heavy atom. The molecule has 0 aliphatic carbocycles. The van der Waals surface area contributed by atoms with Crippen LogP contribution in [0, 0.1) is 0 Å². The number of rotatable bonds is 22. The number of unbranched alkanes of at least 4 members (excludes halogenated alkanes) is 14. The lowest BCUT2D eigenvalue weighted by Gasteiger charge is -2.19. The van der Waals surface area contributed by atoms with Crippen LogP contribution in [-0.4, -0.2) is 39.6 Å². The minimum absolute atomic E-state index is 0.0714. The summed E-state index contributed by atoms with van der Waals surface area (Å²) in [4.78, 5) is 10.1. The average Bonchev–Trinajstić information content (AvgIpc) is 2.65. The highest BCUT2D eigenvalue weighted by Crippen LogP contribution is 2.42. The molecular weight excluding hydrogens is 383 g/mol. The van der Waals surface area contributed by atoms with Crippen molar-refractivity contribution in [1.29, 1.82) is 0 Å². The van der Waals surface area contributed by atoms with Gasteiger partial charge in [0, 0.05) is 0 Å². The molecule has 29 heavy (non-hydrogen) atoms. The summed E-state index contributed by atoms with van der Waals surface area (Å²) in [5, 5.41) is 20.2. The molecule has 0 bridgehead atoms. The van der Waals surface area contributed by atoms with Crippen LogP contribution in [0.4, 0.5) is 0 Å². The Hall–Kier alpha value is 0.110. The van der Waals surface area contributed by atoms with E-state index in [4.69, 9.17) is 0 Å². The maximum Gasteiger partial charge on any atom is 0.205 e. The predicted molar refractivity (Wildman–Crippen MR) is 126 cm³/mol. The second kappa shape index (κ2) is 20.0. The van der Waals surface area contributed by atoms with Gasteiger partial charge in [-0.05, 0) is 12.8 Å². The molecule has 0 rings (SSSR count). The highest BCUT2D eigenvalue weighted by atomic mass is 31.2. The summed E-state index contributed by atoms with van der Waals surface area (Å²) in [7, 11) is -3.45. The number of hydrogen-bond donors (Lipinski definition) is 3. The topological polar surface area (TPSA) is 77.8 Å². The Balaban J connectivity index is 3.69. The van der Waals surface area contributed by atoms with Crippen LogP contribution in [0.5, 0.6) is 0 Å². The molecule has 5 heteroatoms. The summed E-state index contributed by atoms with van der Waals surface area (Å²) in [6, 6.07) is 0. The van der Waals surface area contributed by atoms with E-state index in [9.17, 15) is 19.7 Å². The normalized spacial score (nSPS) is 15.9. The average molecular weight is 435 g/mol. The fourth-order valence-corrected chi connectivity index (χ4v) is 5.77. The SMILES string of the molecule is CCCCCCCCCCC(O)CP(=O)(O)CC(O)CCCCCCCCCC. The van der Waals surface area contributed by atoms with E-state index in [1.54, 1.807) is 0 Å². The minimum Gasteiger partial charge on any atom is -0.393 e. The summed E-state index contributed by atoms with van der Waals surface area (Å²) < 4.78 is 12.3. The zero-order valence-electron chi connectivity index (χ0n) is 19.5. The molecule has 3 N–H and O–H groups in total. The number of hydrogen-bond acceptors (Lipinski definition) is 3. The Labute approximate surface area is 181 Å². The van der Waals surface area contributed by atoms with E-state index in [0.717, 1.165) is 25.7 Å². The molecule has 0 radical (unpaired) electrons. The van der Waals surface area contributed by atoms with Crippen molar-refractivity contribution in [3.8, 4) is 0 Å². The van der Waals surface area contributed by atoms with Crippen molar-refractivity contribution in [2.45, 2.75) is 142 Å². The van der Waals surface area contributed by atoms with Gasteiger partial charge < -0.3 is 15.1 Å². The summed E-state index contributed by atoms with van der Waals surface area (Å²) >= 11 is 0. The molecule has 0 spiro atoms. The molecule has 176 valence electrons. The van der Waals surface area contributed by atoms with E-state index in [1.165, 1.54) is 77.0 Å². The van der Waals surface area contributed by atoms with Crippen molar-refractivity contribution in [1.82, 2.24) is 0 Å². The third kappa shape index (κ3) is 21.1. The Bertz CT molecular complexity index is 357. The molecule has 0 heterocycles. The van der Waals surface area contributed by atoms with Gasteiger partial charge in [0.2, 0.25) is 7.37 Å². The molecule has 2 unspecified atom stereocenters. The van der Waals surface area contributed by atoms with E-state index >= 15 is 0 Å². The summed E-state index contributed by atoms with van der Waals surface area (Å²) in [5.41, 5.74) is 0. The van der Waals surface area contributed by atoms with Gasteiger partial charge in [0.15, 0.2) is 0 Å². The van der Waals surface area contributed by atoms with E-state index in [-0.39, 0.29) is 12.3 Å². The Morgan fingerprint density at radius 2 is 0.828 bits per heavy atom. The predicted octanol–water partition coefficient (Wildman–Crippen LogP) is 7.04. The molecule has 0 aliphatic rings. The second-order valence-corrected chi connectivity index (χ2v) is 11.5. The molecular formula is C24H51O4P. The molecule has 0 aromatic rings. The molecule has 0 saturated carbocycles. The van der Waals surface area contributed by atoms with Gasteiger partial charge in [-0.1, -0.05) is 117 Å². The van der Waals surface area contributed by atoms with Crippen LogP contribution in [0.2, 0.25) is 0 Å². The third-order valence-corrected chi connectivity index (χ3v) is 7.76. The summed E-state index contributed by atoms with van der Waals surface area (Å²) in [5.74, 6) is 0. The van der Waals surface area contributed by atoms with Gasteiger partial charge in [-0.15, -0.1) is 0 Å². The fourth-order valence-electron chi connectivity index (χ4n) is 3.94. The van der Waals surface area contributed by atoms with Crippen LogP contribution < -0.4 is 0 Å². The maximum atomic E-state index is 12.3. The largest absolute Gasteiger partial charge is 0.393 e. The third-order valence-electron chi connectivity index (χ3n) is 5.77. The van der Waals surface area contributed by atoms with Gasteiger partial charge in [0.25, 0.3) is 0 Å². The highest BCUT2D eigenvalue weighted by Gasteiger charge is 2.26. The number of aliphatic hydroxyl groups is 2. The first-order chi connectivity index (χ1) is 13.9. The van der Waals surface area contributed by atoms with E-state index in [2.05, 4.69) is 13.8 Å². The molecule has 2 atom stereocenters.